The van der Waals surface area contributed by atoms with Gasteiger partial charge in [-0.2, -0.15) is 0 Å². The van der Waals surface area contributed by atoms with E-state index in [1.165, 1.54) is 6.07 Å². The third-order valence-corrected chi connectivity index (χ3v) is 5.08. The molecular formula is C16H20F2N2O. The molecule has 0 bridgehead atoms. The molecule has 2 fully saturated rings. The molecule has 1 aromatic rings. The van der Waals surface area contributed by atoms with E-state index in [0.29, 0.717) is 23.9 Å². The third kappa shape index (κ3) is 2.14. The van der Waals surface area contributed by atoms with Crippen LogP contribution in [0, 0.1) is 30.4 Å². The lowest BCUT2D eigenvalue weighted by atomic mass is 9.84. The van der Waals surface area contributed by atoms with Crippen LogP contribution in [0.1, 0.15) is 29.8 Å². The summed E-state index contributed by atoms with van der Waals surface area (Å²) in [5.41, 5.74) is -0.0616. The molecule has 1 aromatic carbocycles. The molecule has 3 rings (SSSR count). The first-order chi connectivity index (χ1) is 9.82. The van der Waals surface area contributed by atoms with Crippen molar-refractivity contribution in [3.8, 4) is 0 Å². The van der Waals surface area contributed by atoms with Crippen LogP contribution in [0.4, 0.5) is 8.78 Å². The van der Waals surface area contributed by atoms with E-state index in [9.17, 15) is 13.6 Å². The molecule has 0 radical (unpaired) electrons. The van der Waals surface area contributed by atoms with Crippen molar-refractivity contribution in [1.82, 2.24) is 10.2 Å². The van der Waals surface area contributed by atoms with Gasteiger partial charge in [0, 0.05) is 31.2 Å². The second-order valence-corrected chi connectivity index (χ2v) is 6.68. The maximum Gasteiger partial charge on any atom is 0.257 e. The molecule has 0 aliphatic carbocycles. The minimum Gasteiger partial charge on any atom is -0.333 e. The van der Waals surface area contributed by atoms with Crippen LogP contribution in [-0.4, -0.2) is 36.0 Å². The Balaban J connectivity index is 1.94. The van der Waals surface area contributed by atoms with E-state index in [-0.39, 0.29) is 17.0 Å². The van der Waals surface area contributed by atoms with Gasteiger partial charge in [-0.3, -0.25) is 4.79 Å². The molecule has 0 spiro atoms. The number of fused-ring (bicyclic) bond motifs is 1. The highest BCUT2D eigenvalue weighted by molar-refractivity contribution is 5.95. The molecule has 114 valence electrons. The van der Waals surface area contributed by atoms with Crippen LogP contribution in [0.5, 0.6) is 0 Å². The van der Waals surface area contributed by atoms with Crippen LogP contribution < -0.4 is 5.32 Å². The molecular weight excluding hydrogens is 274 g/mol. The Morgan fingerprint density at radius 2 is 2.00 bits per heavy atom. The molecule has 2 atom stereocenters. The summed E-state index contributed by atoms with van der Waals surface area (Å²) in [6.07, 6.45) is 0. The molecule has 1 N–H and O–H groups in total. The lowest BCUT2D eigenvalue weighted by molar-refractivity contribution is 0.0598. The Bertz CT molecular complexity index is 600. The van der Waals surface area contributed by atoms with Crippen molar-refractivity contribution in [2.75, 3.05) is 19.6 Å². The van der Waals surface area contributed by atoms with Crippen molar-refractivity contribution in [3.63, 3.8) is 0 Å². The number of aryl methyl sites for hydroxylation is 1. The Labute approximate surface area is 123 Å². The lowest BCUT2D eigenvalue weighted by Gasteiger charge is -2.35. The lowest BCUT2D eigenvalue weighted by Crippen LogP contribution is -2.47. The number of rotatable bonds is 1. The Morgan fingerprint density at radius 1 is 1.29 bits per heavy atom. The molecule has 3 nitrogen and oxygen atoms in total. The number of carbonyl (C=O) groups excluding carboxylic acids is 1. The average Bonchev–Trinajstić information content (AvgIpc) is 2.96. The number of nitrogens with one attached hydrogen (secondary N) is 1. The fraction of sp³-hybridized carbons (Fsp3) is 0.562. The molecule has 21 heavy (non-hydrogen) atoms. The van der Waals surface area contributed by atoms with Crippen molar-refractivity contribution in [3.05, 3.63) is 34.9 Å². The minimum absolute atomic E-state index is 0.0325. The second-order valence-electron chi connectivity index (χ2n) is 6.68. The van der Waals surface area contributed by atoms with Crippen LogP contribution in [0.15, 0.2) is 12.1 Å². The van der Waals surface area contributed by atoms with Crippen molar-refractivity contribution < 1.29 is 13.6 Å². The predicted octanol–water partition coefficient (Wildman–Crippen LogP) is 2.34. The molecule has 2 aliphatic rings. The highest BCUT2D eigenvalue weighted by Crippen LogP contribution is 2.41. The average molecular weight is 294 g/mol. The first-order valence-electron chi connectivity index (χ1n) is 7.30. The monoisotopic (exact) mass is 294 g/mol. The van der Waals surface area contributed by atoms with Gasteiger partial charge in [0.25, 0.3) is 5.91 Å². The summed E-state index contributed by atoms with van der Waals surface area (Å²) >= 11 is 0. The summed E-state index contributed by atoms with van der Waals surface area (Å²) in [4.78, 5) is 14.5. The topological polar surface area (TPSA) is 32.3 Å². The number of benzene rings is 1. The third-order valence-electron chi connectivity index (χ3n) is 5.08. The van der Waals surface area contributed by atoms with E-state index < -0.39 is 11.6 Å². The summed E-state index contributed by atoms with van der Waals surface area (Å²) in [7, 11) is 0. The predicted molar refractivity (Wildman–Crippen MR) is 76.1 cm³/mol. The van der Waals surface area contributed by atoms with Crippen LogP contribution in [-0.2, 0) is 0 Å². The van der Waals surface area contributed by atoms with Crippen LogP contribution in [0.25, 0.3) is 0 Å². The van der Waals surface area contributed by atoms with E-state index in [0.717, 1.165) is 19.2 Å². The zero-order chi connectivity index (χ0) is 15.4. The number of carbonyl (C=O) groups is 1. The van der Waals surface area contributed by atoms with Gasteiger partial charge in [-0.1, -0.05) is 0 Å². The van der Waals surface area contributed by atoms with Gasteiger partial charge in [-0.25, -0.2) is 8.78 Å². The summed E-state index contributed by atoms with van der Waals surface area (Å²) in [5, 5.41) is 3.35. The van der Waals surface area contributed by atoms with Gasteiger partial charge < -0.3 is 10.2 Å². The molecule has 2 unspecified atom stereocenters. The number of halogens is 2. The van der Waals surface area contributed by atoms with Gasteiger partial charge in [0.05, 0.1) is 5.56 Å². The normalized spacial score (nSPS) is 27.0. The van der Waals surface area contributed by atoms with E-state index in [4.69, 9.17) is 0 Å². The van der Waals surface area contributed by atoms with Gasteiger partial charge >= 0.3 is 0 Å². The van der Waals surface area contributed by atoms with Gasteiger partial charge in [-0.15, -0.1) is 0 Å². The summed E-state index contributed by atoms with van der Waals surface area (Å²) < 4.78 is 27.3. The molecule has 0 aromatic heterocycles. The Hall–Kier alpha value is -1.49. The van der Waals surface area contributed by atoms with E-state index >= 15 is 0 Å². The van der Waals surface area contributed by atoms with Gasteiger partial charge in [0.1, 0.15) is 11.6 Å². The maximum absolute atomic E-state index is 14.0. The maximum atomic E-state index is 14.0. The second kappa shape index (κ2) is 4.77. The molecule has 0 saturated carbocycles. The Morgan fingerprint density at radius 3 is 2.67 bits per heavy atom. The van der Waals surface area contributed by atoms with Crippen molar-refractivity contribution in [1.29, 1.82) is 0 Å². The molecule has 2 aliphatic heterocycles. The quantitative estimate of drug-likeness (QED) is 0.862. The highest BCUT2D eigenvalue weighted by Gasteiger charge is 2.51. The smallest absolute Gasteiger partial charge is 0.257 e. The van der Waals surface area contributed by atoms with Crippen LogP contribution in [0.2, 0.25) is 0 Å². The van der Waals surface area contributed by atoms with Gasteiger partial charge in [0.15, 0.2) is 0 Å². The summed E-state index contributed by atoms with van der Waals surface area (Å²) in [6, 6.07) is 2.11. The SMILES string of the molecule is Cc1cc(C(=O)N2CC3CNCC3C2(C)C)c(F)cc1F. The Kier molecular flexibility index (Phi) is 3.28. The number of likely N-dealkylation sites (tertiary alicyclic amines) is 1. The first-order valence-corrected chi connectivity index (χ1v) is 7.30. The molecule has 2 heterocycles. The first kappa shape index (κ1) is 14.4. The van der Waals surface area contributed by atoms with E-state index in [1.807, 2.05) is 13.8 Å². The number of hydrogen-bond acceptors (Lipinski definition) is 2. The number of amides is 1. The number of hydrogen-bond donors (Lipinski definition) is 1. The minimum atomic E-state index is -0.783. The summed E-state index contributed by atoms with van der Waals surface area (Å²) in [6.45, 7) is 7.99. The zero-order valence-electron chi connectivity index (χ0n) is 12.5. The fourth-order valence-electron chi connectivity index (χ4n) is 3.73. The van der Waals surface area contributed by atoms with Crippen LogP contribution >= 0.6 is 0 Å². The molecule has 1 amide bonds. The van der Waals surface area contributed by atoms with Crippen molar-refractivity contribution >= 4 is 5.91 Å². The highest BCUT2D eigenvalue weighted by atomic mass is 19.1. The zero-order valence-corrected chi connectivity index (χ0v) is 12.5. The van der Waals surface area contributed by atoms with Gasteiger partial charge in [-0.05, 0) is 44.2 Å². The number of nitrogens with zero attached hydrogens (tertiary/aromatic N) is 1. The van der Waals surface area contributed by atoms with Gasteiger partial charge in [0.2, 0.25) is 0 Å². The van der Waals surface area contributed by atoms with E-state index in [2.05, 4.69) is 5.32 Å². The fourth-order valence-corrected chi connectivity index (χ4v) is 3.73. The van der Waals surface area contributed by atoms with Crippen molar-refractivity contribution in [2.24, 2.45) is 11.8 Å². The standard InChI is InChI=1S/C16H20F2N2O/c1-9-4-11(14(18)5-13(9)17)15(21)20-8-10-6-19-7-12(10)16(20,2)3/h4-5,10,12,19H,6-8H2,1-3H3. The van der Waals surface area contributed by atoms with Crippen molar-refractivity contribution in [2.45, 2.75) is 26.3 Å². The van der Waals surface area contributed by atoms with Crippen LogP contribution in [0.3, 0.4) is 0 Å². The van der Waals surface area contributed by atoms with E-state index in [1.54, 1.807) is 11.8 Å². The molecule has 5 heteroatoms. The summed E-state index contributed by atoms with van der Waals surface area (Å²) in [5.74, 6) is -0.950. The largest absolute Gasteiger partial charge is 0.333 e. The molecule has 2 saturated heterocycles.